The molecule has 2 atom stereocenters. The molecular formula is C18H30N4S. The van der Waals surface area contributed by atoms with Crippen molar-refractivity contribution in [1.29, 1.82) is 0 Å². The smallest absolute Gasteiger partial charge is 0.193 e. The number of guanidine groups is 1. The molecule has 2 aliphatic heterocycles. The van der Waals surface area contributed by atoms with E-state index in [1.54, 1.807) is 4.88 Å². The number of piperidine rings is 1. The van der Waals surface area contributed by atoms with Gasteiger partial charge in [-0.2, -0.15) is 0 Å². The molecule has 0 aromatic carbocycles. The fourth-order valence-electron chi connectivity index (χ4n) is 3.73. The summed E-state index contributed by atoms with van der Waals surface area (Å²) in [6.45, 7) is 10.2. The predicted molar refractivity (Wildman–Crippen MR) is 99.2 cm³/mol. The van der Waals surface area contributed by atoms with Crippen molar-refractivity contribution in [2.75, 3.05) is 33.2 Å². The Morgan fingerprint density at radius 2 is 2.35 bits per heavy atom. The monoisotopic (exact) mass is 334 g/mol. The Balaban J connectivity index is 1.51. The summed E-state index contributed by atoms with van der Waals surface area (Å²) in [7, 11) is 1.91. The summed E-state index contributed by atoms with van der Waals surface area (Å²) in [5.41, 5.74) is 1.53. The average molecular weight is 335 g/mol. The Labute approximate surface area is 144 Å². The van der Waals surface area contributed by atoms with Crippen molar-refractivity contribution in [3.8, 4) is 0 Å². The van der Waals surface area contributed by atoms with Crippen molar-refractivity contribution >= 4 is 17.3 Å². The van der Waals surface area contributed by atoms with E-state index in [1.165, 1.54) is 31.4 Å². The van der Waals surface area contributed by atoms with E-state index in [-0.39, 0.29) is 0 Å². The summed E-state index contributed by atoms with van der Waals surface area (Å²) in [6, 6.07) is 2.82. The molecule has 0 saturated carbocycles. The van der Waals surface area contributed by atoms with Crippen molar-refractivity contribution in [2.45, 2.75) is 45.7 Å². The molecule has 5 heteroatoms. The molecule has 0 aliphatic carbocycles. The Hall–Kier alpha value is -1.07. The number of rotatable bonds is 3. The molecule has 4 nitrogen and oxygen atoms in total. The zero-order valence-corrected chi connectivity index (χ0v) is 15.5. The van der Waals surface area contributed by atoms with Crippen LogP contribution in [0, 0.1) is 5.92 Å². The fourth-order valence-corrected chi connectivity index (χ4v) is 4.62. The molecule has 128 valence electrons. The number of hydrogen-bond donors (Lipinski definition) is 1. The van der Waals surface area contributed by atoms with Gasteiger partial charge in [0.2, 0.25) is 0 Å². The van der Waals surface area contributed by atoms with Gasteiger partial charge in [-0.05, 0) is 49.1 Å². The highest BCUT2D eigenvalue weighted by Crippen LogP contribution is 2.25. The lowest BCUT2D eigenvalue weighted by atomic mass is 10.0. The molecule has 2 unspecified atom stereocenters. The summed E-state index contributed by atoms with van der Waals surface area (Å²) in [4.78, 5) is 11.1. The van der Waals surface area contributed by atoms with Gasteiger partial charge in [-0.15, -0.1) is 11.3 Å². The van der Waals surface area contributed by atoms with Crippen LogP contribution in [0.3, 0.4) is 0 Å². The van der Waals surface area contributed by atoms with E-state index < -0.39 is 0 Å². The minimum Gasteiger partial charge on any atom is -0.355 e. The highest BCUT2D eigenvalue weighted by Gasteiger charge is 2.23. The molecule has 1 fully saturated rings. The first kappa shape index (κ1) is 16.8. The Morgan fingerprint density at radius 1 is 1.48 bits per heavy atom. The summed E-state index contributed by atoms with van der Waals surface area (Å²) in [5, 5.41) is 5.84. The fraction of sp³-hybridized carbons (Fsp3) is 0.722. The second-order valence-corrected chi connectivity index (χ2v) is 8.06. The van der Waals surface area contributed by atoms with Crippen molar-refractivity contribution in [3.05, 3.63) is 21.9 Å². The van der Waals surface area contributed by atoms with Crippen molar-refractivity contribution in [2.24, 2.45) is 10.9 Å². The van der Waals surface area contributed by atoms with E-state index in [9.17, 15) is 0 Å². The topological polar surface area (TPSA) is 30.9 Å². The Bertz CT molecular complexity index is 539. The number of likely N-dealkylation sites (tertiary alicyclic amines) is 1. The quantitative estimate of drug-likeness (QED) is 0.681. The third kappa shape index (κ3) is 4.07. The molecular weight excluding hydrogens is 304 g/mol. The van der Waals surface area contributed by atoms with Crippen molar-refractivity contribution in [1.82, 2.24) is 15.1 Å². The number of hydrogen-bond acceptors (Lipinski definition) is 3. The van der Waals surface area contributed by atoms with E-state index in [4.69, 9.17) is 0 Å². The maximum atomic E-state index is 4.51. The van der Waals surface area contributed by atoms with Gasteiger partial charge in [0.25, 0.3) is 0 Å². The first-order valence-corrected chi connectivity index (χ1v) is 9.80. The first-order valence-electron chi connectivity index (χ1n) is 8.92. The van der Waals surface area contributed by atoms with Crippen molar-refractivity contribution in [3.63, 3.8) is 0 Å². The highest BCUT2D eigenvalue weighted by molar-refractivity contribution is 7.10. The van der Waals surface area contributed by atoms with Crippen LogP contribution in [0.1, 0.15) is 37.1 Å². The molecule has 3 rings (SSSR count). The average Bonchev–Trinajstić information content (AvgIpc) is 3.03. The van der Waals surface area contributed by atoms with E-state index >= 15 is 0 Å². The van der Waals surface area contributed by atoms with Gasteiger partial charge in [0, 0.05) is 50.7 Å². The summed E-state index contributed by atoms with van der Waals surface area (Å²) in [6.07, 6.45) is 3.83. The van der Waals surface area contributed by atoms with Crippen LogP contribution >= 0.6 is 11.3 Å². The molecule has 0 amide bonds. The number of aliphatic imine (C=N–C) groups is 1. The van der Waals surface area contributed by atoms with Crippen molar-refractivity contribution < 1.29 is 0 Å². The zero-order valence-electron chi connectivity index (χ0n) is 14.7. The van der Waals surface area contributed by atoms with Crippen LogP contribution in [-0.2, 0) is 13.0 Å². The van der Waals surface area contributed by atoms with Gasteiger partial charge < -0.3 is 10.2 Å². The minimum atomic E-state index is 0.530. The van der Waals surface area contributed by atoms with E-state index in [0.717, 1.165) is 38.1 Å². The van der Waals surface area contributed by atoms with Crippen LogP contribution in [0.25, 0.3) is 0 Å². The molecule has 1 saturated heterocycles. The molecule has 0 radical (unpaired) electrons. The van der Waals surface area contributed by atoms with Gasteiger partial charge in [0.05, 0.1) is 0 Å². The van der Waals surface area contributed by atoms with Crippen LogP contribution in [0.2, 0.25) is 0 Å². The molecule has 23 heavy (non-hydrogen) atoms. The SMILES string of the molecule is CN=C(NCC(C)N1CCc2sccc2C1)N1CCCC(C)C1. The second kappa shape index (κ2) is 7.67. The largest absolute Gasteiger partial charge is 0.355 e. The van der Waals surface area contributed by atoms with Crippen LogP contribution in [-0.4, -0.2) is 55.0 Å². The zero-order chi connectivity index (χ0) is 16.2. The summed E-state index contributed by atoms with van der Waals surface area (Å²) >= 11 is 1.91. The number of nitrogens with one attached hydrogen (secondary N) is 1. The van der Waals surface area contributed by atoms with Crippen LogP contribution in [0.5, 0.6) is 0 Å². The van der Waals surface area contributed by atoms with Gasteiger partial charge >= 0.3 is 0 Å². The van der Waals surface area contributed by atoms with Gasteiger partial charge in [-0.3, -0.25) is 9.89 Å². The first-order chi connectivity index (χ1) is 11.2. The van der Waals surface area contributed by atoms with Crippen LogP contribution < -0.4 is 5.32 Å². The molecule has 1 aromatic rings. The molecule has 3 heterocycles. The normalized spacial score (nSPS) is 24.4. The van der Waals surface area contributed by atoms with Gasteiger partial charge in [0.15, 0.2) is 5.96 Å². The summed E-state index contributed by atoms with van der Waals surface area (Å²) < 4.78 is 0. The predicted octanol–water partition coefficient (Wildman–Crippen LogP) is 2.80. The number of nitrogens with zero attached hydrogens (tertiary/aromatic N) is 3. The third-order valence-corrected chi connectivity index (χ3v) is 6.21. The lowest BCUT2D eigenvalue weighted by Crippen LogP contribution is -2.50. The third-order valence-electron chi connectivity index (χ3n) is 5.18. The lowest BCUT2D eigenvalue weighted by Gasteiger charge is -2.36. The maximum absolute atomic E-state index is 4.51. The molecule has 2 aliphatic rings. The summed E-state index contributed by atoms with van der Waals surface area (Å²) in [5.74, 6) is 1.86. The minimum absolute atomic E-state index is 0.530. The highest BCUT2D eigenvalue weighted by atomic mass is 32.1. The second-order valence-electron chi connectivity index (χ2n) is 7.06. The lowest BCUT2D eigenvalue weighted by molar-refractivity contribution is 0.190. The number of fused-ring (bicyclic) bond motifs is 1. The number of thiophene rings is 1. The van der Waals surface area contributed by atoms with Gasteiger partial charge in [-0.25, -0.2) is 0 Å². The van der Waals surface area contributed by atoms with Gasteiger partial charge in [-0.1, -0.05) is 6.92 Å². The molecule has 1 aromatic heterocycles. The Kier molecular flexibility index (Phi) is 5.59. The van der Waals surface area contributed by atoms with Gasteiger partial charge in [0.1, 0.15) is 0 Å². The molecule has 0 bridgehead atoms. The molecule has 1 N–H and O–H groups in total. The van der Waals surface area contributed by atoms with Crippen LogP contribution in [0.4, 0.5) is 0 Å². The standard InChI is InChI=1S/C18H30N4S/c1-14-5-4-8-22(12-14)18(19-3)20-11-15(2)21-9-6-17-16(13-21)7-10-23-17/h7,10,14-15H,4-6,8-9,11-13H2,1-3H3,(H,19,20). The van der Waals surface area contributed by atoms with Crippen LogP contribution in [0.15, 0.2) is 16.4 Å². The molecule has 0 spiro atoms. The van der Waals surface area contributed by atoms with E-state index in [1.807, 2.05) is 18.4 Å². The van der Waals surface area contributed by atoms with E-state index in [0.29, 0.717) is 6.04 Å². The maximum Gasteiger partial charge on any atom is 0.193 e. The van der Waals surface area contributed by atoms with E-state index in [2.05, 4.69) is 45.4 Å². The Morgan fingerprint density at radius 3 is 3.13 bits per heavy atom.